The van der Waals surface area contributed by atoms with E-state index >= 15 is 0 Å². The minimum atomic E-state index is 0.266. The Morgan fingerprint density at radius 1 is 1.41 bits per heavy atom. The van der Waals surface area contributed by atoms with Crippen LogP contribution in [-0.4, -0.2) is 38.7 Å². The standard InChI is InChI=1S/C13H21ClN2O/c1-9(12(8-15)16(2)3)11-7-10(14)5-6-13(11)17-4/h5-7,9,12H,8,15H2,1-4H3. The van der Waals surface area contributed by atoms with Crippen molar-refractivity contribution in [1.82, 2.24) is 4.90 Å². The number of nitrogens with two attached hydrogens (primary N) is 1. The highest BCUT2D eigenvalue weighted by atomic mass is 35.5. The number of hydrogen-bond donors (Lipinski definition) is 1. The SMILES string of the molecule is COc1ccc(Cl)cc1C(C)C(CN)N(C)C. The summed E-state index contributed by atoms with van der Waals surface area (Å²) in [7, 11) is 5.74. The normalized spacial score (nSPS) is 14.8. The van der Waals surface area contributed by atoms with Crippen LogP contribution in [0.5, 0.6) is 5.75 Å². The molecule has 0 heterocycles. The van der Waals surface area contributed by atoms with E-state index in [0.29, 0.717) is 6.54 Å². The van der Waals surface area contributed by atoms with Crippen LogP contribution in [0.15, 0.2) is 18.2 Å². The molecule has 96 valence electrons. The summed E-state index contributed by atoms with van der Waals surface area (Å²) < 4.78 is 5.38. The summed E-state index contributed by atoms with van der Waals surface area (Å²) in [5.41, 5.74) is 6.93. The summed E-state index contributed by atoms with van der Waals surface area (Å²) in [6, 6.07) is 5.96. The second-order valence-corrected chi connectivity index (χ2v) is 4.88. The molecular formula is C13H21ClN2O. The lowest BCUT2D eigenvalue weighted by Gasteiger charge is -2.30. The quantitative estimate of drug-likeness (QED) is 0.879. The zero-order chi connectivity index (χ0) is 13.0. The van der Waals surface area contributed by atoms with Crippen molar-refractivity contribution in [2.24, 2.45) is 5.73 Å². The Balaban J connectivity index is 3.08. The van der Waals surface area contributed by atoms with Crippen LogP contribution in [0.4, 0.5) is 0 Å². The fourth-order valence-corrected chi connectivity index (χ4v) is 2.31. The first-order valence-corrected chi connectivity index (χ1v) is 6.09. The Kier molecular flexibility index (Phi) is 5.25. The topological polar surface area (TPSA) is 38.5 Å². The van der Waals surface area contributed by atoms with E-state index in [-0.39, 0.29) is 12.0 Å². The van der Waals surface area contributed by atoms with E-state index in [1.54, 1.807) is 7.11 Å². The Labute approximate surface area is 109 Å². The largest absolute Gasteiger partial charge is 0.496 e. The summed E-state index contributed by atoms with van der Waals surface area (Å²) in [4.78, 5) is 2.13. The molecule has 0 aliphatic heterocycles. The van der Waals surface area contributed by atoms with Crippen LogP contribution in [0.2, 0.25) is 5.02 Å². The van der Waals surface area contributed by atoms with Gasteiger partial charge in [0, 0.05) is 23.5 Å². The van der Waals surface area contributed by atoms with Gasteiger partial charge in [0.2, 0.25) is 0 Å². The molecule has 0 fully saturated rings. The number of nitrogens with zero attached hydrogens (tertiary/aromatic N) is 1. The Morgan fingerprint density at radius 2 is 2.06 bits per heavy atom. The van der Waals surface area contributed by atoms with E-state index in [1.807, 2.05) is 32.3 Å². The van der Waals surface area contributed by atoms with Crippen LogP contribution in [0.25, 0.3) is 0 Å². The number of benzene rings is 1. The lowest BCUT2D eigenvalue weighted by molar-refractivity contribution is 0.263. The van der Waals surface area contributed by atoms with Crippen molar-refractivity contribution >= 4 is 11.6 Å². The first kappa shape index (κ1) is 14.3. The predicted molar refractivity (Wildman–Crippen MR) is 72.9 cm³/mol. The Hall–Kier alpha value is -0.770. The number of likely N-dealkylation sites (N-methyl/N-ethyl adjacent to an activating group) is 1. The molecule has 3 nitrogen and oxygen atoms in total. The van der Waals surface area contributed by atoms with Gasteiger partial charge in [-0.3, -0.25) is 0 Å². The molecule has 2 N–H and O–H groups in total. The molecule has 0 radical (unpaired) electrons. The van der Waals surface area contributed by atoms with Gasteiger partial charge < -0.3 is 15.4 Å². The van der Waals surface area contributed by atoms with Crippen LogP contribution in [0, 0.1) is 0 Å². The maximum absolute atomic E-state index is 6.04. The second-order valence-electron chi connectivity index (χ2n) is 4.44. The fraction of sp³-hybridized carbons (Fsp3) is 0.538. The van der Waals surface area contributed by atoms with E-state index in [0.717, 1.165) is 16.3 Å². The van der Waals surface area contributed by atoms with E-state index in [9.17, 15) is 0 Å². The van der Waals surface area contributed by atoms with Gasteiger partial charge in [-0.15, -0.1) is 0 Å². The summed E-state index contributed by atoms with van der Waals surface area (Å²) in [5.74, 6) is 1.13. The van der Waals surface area contributed by atoms with Gasteiger partial charge in [-0.1, -0.05) is 18.5 Å². The third-order valence-corrected chi connectivity index (χ3v) is 3.40. The van der Waals surface area contributed by atoms with E-state index in [2.05, 4.69) is 11.8 Å². The first-order chi connectivity index (χ1) is 8.01. The van der Waals surface area contributed by atoms with E-state index < -0.39 is 0 Å². The molecule has 2 atom stereocenters. The first-order valence-electron chi connectivity index (χ1n) is 5.71. The highest BCUT2D eigenvalue weighted by Gasteiger charge is 2.22. The smallest absolute Gasteiger partial charge is 0.122 e. The molecule has 0 bridgehead atoms. The average molecular weight is 257 g/mol. The zero-order valence-corrected chi connectivity index (χ0v) is 11.7. The Bertz CT molecular complexity index is 368. The minimum absolute atomic E-state index is 0.266. The average Bonchev–Trinajstić information content (AvgIpc) is 2.29. The minimum Gasteiger partial charge on any atom is -0.496 e. The number of methoxy groups -OCH3 is 1. The molecule has 0 saturated carbocycles. The lowest BCUT2D eigenvalue weighted by Crippen LogP contribution is -2.39. The summed E-state index contributed by atoms with van der Waals surface area (Å²) in [6.45, 7) is 2.75. The van der Waals surface area contributed by atoms with Crippen molar-refractivity contribution in [3.63, 3.8) is 0 Å². The van der Waals surface area contributed by atoms with Gasteiger partial charge in [-0.05, 0) is 37.9 Å². The third-order valence-electron chi connectivity index (χ3n) is 3.16. The van der Waals surface area contributed by atoms with E-state index in [1.165, 1.54) is 0 Å². The van der Waals surface area contributed by atoms with Gasteiger partial charge in [0.05, 0.1) is 7.11 Å². The maximum Gasteiger partial charge on any atom is 0.122 e. The molecular weight excluding hydrogens is 236 g/mol. The molecule has 1 aromatic rings. The highest BCUT2D eigenvalue weighted by Crippen LogP contribution is 2.32. The van der Waals surface area contributed by atoms with E-state index in [4.69, 9.17) is 22.1 Å². The summed E-state index contributed by atoms with van der Waals surface area (Å²) >= 11 is 6.04. The van der Waals surface area contributed by atoms with Crippen molar-refractivity contribution < 1.29 is 4.74 Å². The summed E-state index contributed by atoms with van der Waals surface area (Å²) in [6.07, 6.45) is 0. The maximum atomic E-state index is 6.04. The van der Waals surface area contributed by atoms with Gasteiger partial charge in [0.15, 0.2) is 0 Å². The van der Waals surface area contributed by atoms with Crippen LogP contribution >= 0.6 is 11.6 Å². The van der Waals surface area contributed by atoms with Gasteiger partial charge in [-0.2, -0.15) is 0 Å². The molecule has 0 aromatic heterocycles. The predicted octanol–water partition coefficient (Wildman–Crippen LogP) is 2.34. The molecule has 0 amide bonds. The molecule has 4 heteroatoms. The molecule has 2 unspecified atom stereocenters. The number of ether oxygens (including phenoxy) is 1. The second kappa shape index (κ2) is 6.24. The van der Waals surface area contributed by atoms with Gasteiger partial charge in [0.1, 0.15) is 5.75 Å². The molecule has 17 heavy (non-hydrogen) atoms. The fourth-order valence-electron chi connectivity index (χ4n) is 2.13. The van der Waals surface area contributed by atoms with Crippen LogP contribution in [0.3, 0.4) is 0 Å². The Morgan fingerprint density at radius 3 is 2.53 bits per heavy atom. The third kappa shape index (κ3) is 3.35. The molecule has 0 aliphatic carbocycles. The molecule has 1 aromatic carbocycles. The van der Waals surface area contributed by atoms with Crippen molar-refractivity contribution in [3.05, 3.63) is 28.8 Å². The van der Waals surface area contributed by atoms with Crippen molar-refractivity contribution in [2.45, 2.75) is 18.9 Å². The van der Waals surface area contributed by atoms with Crippen LogP contribution in [-0.2, 0) is 0 Å². The molecule has 0 spiro atoms. The number of hydrogen-bond acceptors (Lipinski definition) is 3. The number of halogens is 1. The van der Waals surface area contributed by atoms with Gasteiger partial charge >= 0.3 is 0 Å². The number of rotatable bonds is 5. The molecule has 1 rings (SSSR count). The van der Waals surface area contributed by atoms with Crippen LogP contribution in [0.1, 0.15) is 18.4 Å². The van der Waals surface area contributed by atoms with Crippen LogP contribution < -0.4 is 10.5 Å². The van der Waals surface area contributed by atoms with Gasteiger partial charge in [-0.25, -0.2) is 0 Å². The van der Waals surface area contributed by atoms with Crippen molar-refractivity contribution in [2.75, 3.05) is 27.7 Å². The lowest BCUT2D eigenvalue weighted by atomic mass is 9.92. The monoisotopic (exact) mass is 256 g/mol. The zero-order valence-electron chi connectivity index (χ0n) is 10.9. The molecule has 0 aliphatic rings. The van der Waals surface area contributed by atoms with Crippen molar-refractivity contribution in [3.8, 4) is 5.75 Å². The highest BCUT2D eigenvalue weighted by molar-refractivity contribution is 6.30. The molecule has 0 saturated heterocycles. The van der Waals surface area contributed by atoms with Gasteiger partial charge in [0.25, 0.3) is 0 Å². The summed E-state index contributed by atoms with van der Waals surface area (Å²) in [5, 5.41) is 0.724. The van der Waals surface area contributed by atoms with Crippen molar-refractivity contribution in [1.29, 1.82) is 0 Å².